The normalized spacial score (nSPS) is 20.8. The smallest absolute Gasteiger partial charge is 0.0579 e. The third kappa shape index (κ3) is 2.73. The lowest BCUT2D eigenvalue weighted by molar-refractivity contribution is 0.381. The topological polar surface area (TPSA) is 28.2 Å². The molecule has 0 radical (unpaired) electrons. The van der Waals surface area contributed by atoms with E-state index in [0.29, 0.717) is 0 Å². The second kappa shape index (κ2) is 5.30. The molecule has 1 aliphatic heterocycles. The predicted octanol–water partition coefficient (Wildman–Crippen LogP) is 1.83. The molecule has 0 aliphatic carbocycles. The summed E-state index contributed by atoms with van der Waals surface area (Å²) in [7, 11) is 2.17. The van der Waals surface area contributed by atoms with Crippen LogP contribution in [-0.4, -0.2) is 31.7 Å². The first-order valence-electron chi connectivity index (χ1n) is 6.10. The van der Waals surface area contributed by atoms with Crippen LogP contribution in [0.5, 0.6) is 0 Å². The summed E-state index contributed by atoms with van der Waals surface area (Å²) in [6.45, 7) is 5.61. The second-order valence-electron chi connectivity index (χ2n) is 4.76. The number of hydrogen-bond acceptors (Lipinski definition) is 3. The maximum Gasteiger partial charge on any atom is 0.0579 e. The van der Waals surface area contributed by atoms with E-state index < -0.39 is 0 Å². The molecule has 88 valence electrons. The van der Waals surface area contributed by atoms with E-state index in [4.69, 9.17) is 0 Å². The summed E-state index contributed by atoms with van der Waals surface area (Å²) in [5.41, 5.74) is 2.56. The van der Waals surface area contributed by atoms with Gasteiger partial charge in [0.15, 0.2) is 0 Å². The molecule has 1 saturated heterocycles. The summed E-state index contributed by atoms with van der Waals surface area (Å²) in [6, 6.07) is 2.07. The first-order valence-corrected chi connectivity index (χ1v) is 6.10. The lowest BCUT2D eigenvalue weighted by atomic mass is 9.99. The fourth-order valence-electron chi connectivity index (χ4n) is 2.42. The zero-order chi connectivity index (χ0) is 11.4. The van der Waals surface area contributed by atoms with Gasteiger partial charge in [0.2, 0.25) is 0 Å². The van der Waals surface area contributed by atoms with Gasteiger partial charge >= 0.3 is 0 Å². The van der Waals surface area contributed by atoms with E-state index in [2.05, 4.69) is 35.2 Å². The molecule has 1 aromatic heterocycles. The number of hydrogen-bond donors (Lipinski definition) is 1. The van der Waals surface area contributed by atoms with Crippen LogP contribution in [-0.2, 0) is 0 Å². The zero-order valence-electron chi connectivity index (χ0n) is 10.2. The van der Waals surface area contributed by atoms with Gasteiger partial charge in [-0.1, -0.05) is 0 Å². The van der Waals surface area contributed by atoms with E-state index in [1.165, 1.54) is 30.6 Å². The standard InChI is InChI=1S/C13H21N3/c1-11-5-7-15-9-13(11)16(2)10-12-4-3-6-14-8-12/h5,7,9,12,14H,3-4,6,8,10H2,1-2H3/t12-/m0/s1. The lowest BCUT2D eigenvalue weighted by Crippen LogP contribution is -2.37. The second-order valence-corrected chi connectivity index (χ2v) is 4.76. The molecule has 0 saturated carbocycles. The Morgan fingerprint density at radius 2 is 2.44 bits per heavy atom. The van der Waals surface area contributed by atoms with Gasteiger partial charge < -0.3 is 10.2 Å². The van der Waals surface area contributed by atoms with Gasteiger partial charge in [0.1, 0.15) is 0 Å². The Kier molecular flexibility index (Phi) is 3.78. The van der Waals surface area contributed by atoms with Crippen LogP contribution >= 0.6 is 0 Å². The molecule has 0 unspecified atom stereocenters. The summed E-state index contributed by atoms with van der Waals surface area (Å²) >= 11 is 0. The van der Waals surface area contributed by atoms with Gasteiger partial charge in [-0.2, -0.15) is 0 Å². The quantitative estimate of drug-likeness (QED) is 0.840. The van der Waals surface area contributed by atoms with Gasteiger partial charge in [-0.25, -0.2) is 0 Å². The Morgan fingerprint density at radius 3 is 3.12 bits per heavy atom. The Morgan fingerprint density at radius 1 is 1.56 bits per heavy atom. The predicted molar refractivity (Wildman–Crippen MR) is 67.8 cm³/mol. The van der Waals surface area contributed by atoms with E-state index >= 15 is 0 Å². The minimum absolute atomic E-state index is 0.776. The molecular formula is C13H21N3. The maximum absolute atomic E-state index is 4.20. The largest absolute Gasteiger partial charge is 0.373 e. The molecule has 0 amide bonds. The van der Waals surface area contributed by atoms with E-state index in [1.54, 1.807) is 0 Å². The number of nitrogens with zero attached hydrogens (tertiary/aromatic N) is 2. The average molecular weight is 219 g/mol. The SMILES string of the molecule is Cc1ccncc1N(C)C[C@H]1CCCNC1. The molecule has 2 rings (SSSR count). The number of aryl methyl sites for hydroxylation is 1. The Balaban J connectivity index is 1.96. The van der Waals surface area contributed by atoms with Crippen LogP contribution in [0.1, 0.15) is 18.4 Å². The number of nitrogens with one attached hydrogen (secondary N) is 1. The summed E-state index contributed by atoms with van der Waals surface area (Å²) < 4.78 is 0. The Labute approximate surface area is 97.9 Å². The Hall–Kier alpha value is -1.09. The number of rotatable bonds is 3. The van der Waals surface area contributed by atoms with Crippen molar-refractivity contribution in [3.05, 3.63) is 24.0 Å². The zero-order valence-corrected chi connectivity index (χ0v) is 10.2. The fraction of sp³-hybridized carbons (Fsp3) is 0.615. The lowest BCUT2D eigenvalue weighted by Gasteiger charge is -2.29. The molecule has 1 N–H and O–H groups in total. The first-order chi connectivity index (χ1) is 7.77. The number of aromatic nitrogens is 1. The van der Waals surface area contributed by atoms with Crippen molar-refractivity contribution in [2.75, 3.05) is 31.6 Å². The van der Waals surface area contributed by atoms with E-state index in [1.807, 2.05) is 12.4 Å². The van der Waals surface area contributed by atoms with Crippen molar-refractivity contribution in [3.63, 3.8) is 0 Å². The highest BCUT2D eigenvalue weighted by molar-refractivity contribution is 5.50. The third-order valence-corrected chi connectivity index (χ3v) is 3.35. The summed E-state index contributed by atoms with van der Waals surface area (Å²) in [6.07, 6.45) is 6.47. The van der Waals surface area contributed by atoms with Crippen molar-refractivity contribution >= 4 is 5.69 Å². The maximum atomic E-state index is 4.20. The van der Waals surface area contributed by atoms with Crippen LogP contribution < -0.4 is 10.2 Å². The fourth-order valence-corrected chi connectivity index (χ4v) is 2.42. The molecule has 16 heavy (non-hydrogen) atoms. The van der Waals surface area contributed by atoms with Crippen molar-refractivity contribution < 1.29 is 0 Å². The first kappa shape index (κ1) is 11.4. The molecule has 3 heteroatoms. The summed E-state index contributed by atoms with van der Waals surface area (Å²) in [4.78, 5) is 6.54. The van der Waals surface area contributed by atoms with Crippen LogP contribution in [0, 0.1) is 12.8 Å². The van der Waals surface area contributed by atoms with Gasteiger partial charge in [0.25, 0.3) is 0 Å². The molecule has 1 atom stereocenters. The monoisotopic (exact) mass is 219 g/mol. The molecule has 1 aromatic rings. The van der Waals surface area contributed by atoms with Crippen LogP contribution in [0.4, 0.5) is 5.69 Å². The molecule has 1 fully saturated rings. The van der Waals surface area contributed by atoms with Gasteiger partial charge in [-0.15, -0.1) is 0 Å². The van der Waals surface area contributed by atoms with Crippen molar-refractivity contribution in [2.45, 2.75) is 19.8 Å². The van der Waals surface area contributed by atoms with Crippen molar-refractivity contribution in [3.8, 4) is 0 Å². The van der Waals surface area contributed by atoms with Gasteiger partial charge in [-0.3, -0.25) is 4.98 Å². The van der Waals surface area contributed by atoms with Crippen LogP contribution in [0.2, 0.25) is 0 Å². The summed E-state index contributed by atoms with van der Waals surface area (Å²) in [5.74, 6) is 0.776. The van der Waals surface area contributed by atoms with Crippen molar-refractivity contribution in [1.29, 1.82) is 0 Å². The number of piperidine rings is 1. The van der Waals surface area contributed by atoms with Crippen molar-refractivity contribution in [2.24, 2.45) is 5.92 Å². The minimum atomic E-state index is 0.776. The number of pyridine rings is 1. The van der Waals surface area contributed by atoms with Crippen LogP contribution in [0.3, 0.4) is 0 Å². The summed E-state index contributed by atoms with van der Waals surface area (Å²) in [5, 5.41) is 3.46. The molecule has 0 aromatic carbocycles. The third-order valence-electron chi connectivity index (χ3n) is 3.35. The van der Waals surface area contributed by atoms with Gasteiger partial charge in [-0.05, 0) is 50.4 Å². The average Bonchev–Trinajstić information content (AvgIpc) is 2.31. The molecule has 0 spiro atoms. The molecule has 1 aliphatic rings. The highest BCUT2D eigenvalue weighted by Crippen LogP contribution is 2.19. The molecule has 2 heterocycles. The van der Waals surface area contributed by atoms with Gasteiger partial charge in [0, 0.05) is 19.8 Å². The molecule has 3 nitrogen and oxygen atoms in total. The van der Waals surface area contributed by atoms with E-state index in [9.17, 15) is 0 Å². The molecule has 0 bridgehead atoms. The van der Waals surface area contributed by atoms with E-state index in [-0.39, 0.29) is 0 Å². The van der Waals surface area contributed by atoms with Crippen LogP contribution in [0.15, 0.2) is 18.5 Å². The minimum Gasteiger partial charge on any atom is -0.373 e. The number of anilines is 1. The van der Waals surface area contributed by atoms with Crippen LogP contribution in [0.25, 0.3) is 0 Å². The van der Waals surface area contributed by atoms with Gasteiger partial charge in [0.05, 0.1) is 11.9 Å². The highest BCUT2D eigenvalue weighted by Gasteiger charge is 2.15. The highest BCUT2D eigenvalue weighted by atomic mass is 15.1. The van der Waals surface area contributed by atoms with E-state index in [0.717, 1.165) is 19.0 Å². The Bertz CT molecular complexity index is 332. The van der Waals surface area contributed by atoms with Crippen molar-refractivity contribution in [1.82, 2.24) is 10.3 Å². The molecular weight excluding hydrogens is 198 g/mol.